The zero-order valence-electron chi connectivity index (χ0n) is 12.2. The van der Waals surface area contributed by atoms with Gasteiger partial charge in [0.05, 0.1) is 24.3 Å². The average molecular weight is 395 g/mol. The zero-order valence-corrected chi connectivity index (χ0v) is 14.6. The van der Waals surface area contributed by atoms with E-state index >= 15 is 0 Å². The molecule has 0 aliphatic heterocycles. The van der Waals surface area contributed by atoms with Crippen LogP contribution in [0.2, 0.25) is 5.02 Å². The van der Waals surface area contributed by atoms with Crippen LogP contribution in [0.3, 0.4) is 0 Å². The lowest BCUT2D eigenvalue weighted by molar-refractivity contribution is -0.116. The summed E-state index contributed by atoms with van der Waals surface area (Å²) in [4.78, 5) is 11.8. The third-order valence-electron chi connectivity index (χ3n) is 2.42. The van der Waals surface area contributed by atoms with Crippen LogP contribution in [0.1, 0.15) is 6.42 Å². The van der Waals surface area contributed by atoms with E-state index in [1.165, 1.54) is 12.1 Å². The molecule has 12 heteroatoms. The Hall–Kier alpha value is -1.98. The first-order valence-corrected chi connectivity index (χ1v) is 9.50. The van der Waals surface area contributed by atoms with Gasteiger partial charge >= 0.3 is 0 Å². The van der Waals surface area contributed by atoms with Gasteiger partial charge in [-0.3, -0.25) is 9.52 Å². The lowest BCUT2D eigenvalue weighted by Gasteiger charge is -2.07. The van der Waals surface area contributed by atoms with E-state index in [1.54, 1.807) is 0 Å². The Kier molecular flexibility index (Phi) is 5.91. The summed E-state index contributed by atoms with van der Waals surface area (Å²) in [5.41, 5.74) is 0. The second-order valence-electron chi connectivity index (χ2n) is 4.51. The van der Waals surface area contributed by atoms with Crippen molar-refractivity contribution in [2.45, 2.75) is 6.42 Å². The van der Waals surface area contributed by atoms with Gasteiger partial charge in [-0.15, -0.1) is 10.2 Å². The summed E-state index contributed by atoms with van der Waals surface area (Å²) in [5.74, 6) is -0.628. The van der Waals surface area contributed by atoms with Crippen molar-refractivity contribution >= 4 is 49.1 Å². The molecule has 0 fully saturated rings. The third kappa shape index (κ3) is 5.91. The van der Waals surface area contributed by atoms with Gasteiger partial charge in [0.15, 0.2) is 0 Å². The largest absolute Gasteiger partial charge is 0.491 e. The molecule has 0 radical (unpaired) electrons. The van der Waals surface area contributed by atoms with E-state index in [9.17, 15) is 17.6 Å². The Morgan fingerprint density at radius 1 is 1.38 bits per heavy atom. The first-order chi connectivity index (χ1) is 11.2. The standard InChI is InChI=1S/C12H12ClFN4O4S2/c1-24(20,21)18-12-17-16-11(23-12)15-10(19)4-5-22-9-3-2-7(14)6-8(9)13/h2-3,6H,4-5H2,1H3,(H,17,18)(H,15,16,19). The molecule has 1 aromatic heterocycles. The topological polar surface area (TPSA) is 110 Å². The number of ether oxygens (including phenoxy) is 1. The fourth-order valence-corrected chi connectivity index (χ4v) is 3.21. The predicted octanol–water partition coefficient (Wildman–Crippen LogP) is 2.11. The maximum absolute atomic E-state index is 12.9. The molecule has 0 atom stereocenters. The fraction of sp³-hybridized carbons (Fsp3) is 0.250. The molecule has 0 saturated carbocycles. The summed E-state index contributed by atoms with van der Waals surface area (Å²) in [7, 11) is -3.46. The number of amides is 1. The second-order valence-corrected chi connectivity index (χ2v) is 7.64. The molecule has 130 valence electrons. The minimum Gasteiger partial charge on any atom is -0.491 e. The van der Waals surface area contributed by atoms with Crippen LogP contribution in [-0.4, -0.2) is 37.4 Å². The molecule has 2 aromatic rings. The molecule has 2 N–H and O–H groups in total. The number of carbonyl (C=O) groups excluding carboxylic acids is 1. The normalized spacial score (nSPS) is 11.1. The number of carbonyl (C=O) groups is 1. The van der Waals surface area contributed by atoms with Crippen molar-refractivity contribution in [2.75, 3.05) is 22.9 Å². The van der Waals surface area contributed by atoms with E-state index in [4.69, 9.17) is 16.3 Å². The first-order valence-electron chi connectivity index (χ1n) is 6.42. The van der Waals surface area contributed by atoms with Gasteiger partial charge in [-0.2, -0.15) is 0 Å². The van der Waals surface area contributed by atoms with Crippen LogP contribution in [0.15, 0.2) is 18.2 Å². The highest BCUT2D eigenvalue weighted by atomic mass is 35.5. The number of anilines is 2. The maximum Gasteiger partial charge on any atom is 0.231 e. The number of aromatic nitrogens is 2. The number of rotatable bonds is 7. The zero-order chi connectivity index (χ0) is 17.7. The van der Waals surface area contributed by atoms with Crippen LogP contribution < -0.4 is 14.8 Å². The van der Waals surface area contributed by atoms with Crippen molar-refractivity contribution in [2.24, 2.45) is 0 Å². The maximum atomic E-state index is 12.9. The summed E-state index contributed by atoms with van der Waals surface area (Å²) in [6.45, 7) is 0.0183. The van der Waals surface area contributed by atoms with E-state index in [0.29, 0.717) is 0 Å². The van der Waals surface area contributed by atoms with Crippen molar-refractivity contribution in [1.82, 2.24) is 10.2 Å². The quantitative estimate of drug-likeness (QED) is 0.744. The van der Waals surface area contributed by atoms with Gasteiger partial charge in [-0.05, 0) is 18.2 Å². The third-order valence-corrected chi connectivity index (χ3v) is 4.17. The van der Waals surface area contributed by atoms with Gasteiger partial charge in [0.1, 0.15) is 11.6 Å². The van der Waals surface area contributed by atoms with Crippen LogP contribution in [-0.2, 0) is 14.8 Å². The lowest BCUT2D eigenvalue weighted by atomic mass is 10.3. The SMILES string of the molecule is CS(=O)(=O)Nc1nnc(NC(=O)CCOc2ccc(F)cc2Cl)s1. The molecule has 0 saturated heterocycles. The smallest absolute Gasteiger partial charge is 0.231 e. The summed E-state index contributed by atoms with van der Waals surface area (Å²) in [6.07, 6.45) is 0.965. The van der Waals surface area contributed by atoms with Crippen molar-refractivity contribution < 1.29 is 22.3 Å². The van der Waals surface area contributed by atoms with Crippen molar-refractivity contribution in [3.05, 3.63) is 29.0 Å². The van der Waals surface area contributed by atoms with Crippen LogP contribution in [0, 0.1) is 5.82 Å². The van der Waals surface area contributed by atoms with E-state index in [2.05, 4.69) is 20.2 Å². The summed E-state index contributed by atoms with van der Waals surface area (Å²) in [6, 6.07) is 3.66. The highest BCUT2D eigenvalue weighted by molar-refractivity contribution is 7.92. The molecule has 0 bridgehead atoms. The fourth-order valence-electron chi connectivity index (χ4n) is 1.50. The predicted molar refractivity (Wildman–Crippen MR) is 88.5 cm³/mol. The van der Waals surface area contributed by atoms with Crippen molar-refractivity contribution in [3.63, 3.8) is 0 Å². The van der Waals surface area contributed by atoms with Crippen LogP contribution >= 0.6 is 22.9 Å². The molecule has 2 rings (SSSR count). The molecule has 1 heterocycles. The Bertz CT molecular complexity index is 843. The van der Waals surface area contributed by atoms with Gasteiger partial charge in [-0.25, -0.2) is 12.8 Å². The van der Waals surface area contributed by atoms with E-state index in [-0.39, 0.29) is 34.1 Å². The Balaban J connectivity index is 1.81. The monoisotopic (exact) mass is 394 g/mol. The molecule has 0 aliphatic rings. The van der Waals surface area contributed by atoms with Crippen LogP contribution in [0.25, 0.3) is 0 Å². The second kappa shape index (κ2) is 7.73. The van der Waals surface area contributed by atoms with E-state index < -0.39 is 21.7 Å². The number of nitrogens with one attached hydrogen (secondary N) is 2. The Morgan fingerprint density at radius 2 is 2.08 bits per heavy atom. The molecule has 1 amide bonds. The number of halogens is 2. The molecular weight excluding hydrogens is 383 g/mol. The molecule has 8 nitrogen and oxygen atoms in total. The Labute approximate surface area is 146 Å². The molecular formula is C12H12ClFN4O4S2. The highest BCUT2D eigenvalue weighted by Gasteiger charge is 2.11. The van der Waals surface area contributed by atoms with Crippen LogP contribution in [0.5, 0.6) is 5.75 Å². The van der Waals surface area contributed by atoms with Gasteiger partial charge in [0.2, 0.25) is 26.2 Å². The number of benzene rings is 1. The average Bonchev–Trinajstić information content (AvgIpc) is 2.86. The van der Waals surface area contributed by atoms with Gasteiger partial charge < -0.3 is 10.1 Å². The highest BCUT2D eigenvalue weighted by Crippen LogP contribution is 2.25. The Morgan fingerprint density at radius 3 is 2.75 bits per heavy atom. The van der Waals surface area contributed by atoms with E-state index in [0.717, 1.165) is 23.7 Å². The van der Waals surface area contributed by atoms with Gasteiger partial charge in [-0.1, -0.05) is 22.9 Å². The lowest BCUT2D eigenvalue weighted by Crippen LogP contribution is -2.15. The summed E-state index contributed by atoms with van der Waals surface area (Å²) < 4.78 is 42.4. The minimum absolute atomic E-state index is 0.0118. The van der Waals surface area contributed by atoms with Crippen LogP contribution in [0.4, 0.5) is 14.7 Å². The molecule has 24 heavy (non-hydrogen) atoms. The number of hydrogen-bond donors (Lipinski definition) is 2. The number of sulfonamides is 1. The van der Waals surface area contributed by atoms with Gasteiger partial charge in [0, 0.05) is 0 Å². The van der Waals surface area contributed by atoms with E-state index in [1.807, 2.05) is 0 Å². The van der Waals surface area contributed by atoms with Crippen molar-refractivity contribution in [3.8, 4) is 5.75 Å². The summed E-state index contributed by atoms with van der Waals surface area (Å²) in [5, 5.41) is 9.97. The molecule has 0 aliphatic carbocycles. The van der Waals surface area contributed by atoms with Gasteiger partial charge in [0.25, 0.3) is 0 Å². The first kappa shape index (κ1) is 18.4. The number of nitrogens with zero attached hydrogens (tertiary/aromatic N) is 2. The minimum atomic E-state index is -3.46. The molecule has 0 unspecified atom stereocenters. The molecule has 1 aromatic carbocycles. The number of hydrogen-bond acceptors (Lipinski definition) is 7. The summed E-state index contributed by atoms with van der Waals surface area (Å²) >= 11 is 6.67. The van der Waals surface area contributed by atoms with Crippen molar-refractivity contribution in [1.29, 1.82) is 0 Å². The molecule has 0 spiro atoms.